The number of amides is 1. The molecule has 3 aromatic carbocycles. The minimum absolute atomic E-state index is 0.0493. The summed E-state index contributed by atoms with van der Waals surface area (Å²) < 4.78 is 11.7. The van der Waals surface area contributed by atoms with Crippen LogP contribution in [0.15, 0.2) is 79.0 Å². The van der Waals surface area contributed by atoms with Gasteiger partial charge in [0.2, 0.25) is 11.8 Å². The van der Waals surface area contributed by atoms with Gasteiger partial charge in [0.25, 0.3) is 0 Å². The Balaban J connectivity index is 1.50. The lowest BCUT2D eigenvalue weighted by molar-refractivity contribution is -0.119. The van der Waals surface area contributed by atoms with Crippen LogP contribution in [0.5, 0.6) is 23.1 Å². The molecule has 1 N–H and O–H groups in total. The van der Waals surface area contributed by atoms with Gasteiger partial charge in [0.05, 0.1) is 11.1 Å². The first-order valence-corrected chi connectivity index (χ1v) is 10.2. The maximum atomic E-state index is 11.3. The molecule has 6 heteroatoms. The Bertz CT molecular complexity index is 1230. The first-order valence-electron chi connectivity index (χ1n) is 9.85. The normalized spacial score (nSPS) is 11.7. The van der Waals surface area contributed by atoms with Crippen molar-refractivity contribution in [1.82, 2.24) is 10.3 Å². The van der Waals surface area contributed by atoms with Gasteiger partial charge in [-0.1, -0.05) is 35.9 Å². The third kappa shape index (κ3) is 5.13. The summed E-state index contributed by atoms with van der Waals surface area (Å²) in [6, 6.07) is 22.6. The fourth-order valence-electron chi connectivity index (χ4n) is 3.25. The van der Waals surface area contributed by atoms with Crippen LogP contribution in [0.1, 0.15) is 25.5 Å². The number of halogens is 1. The number of carbonyl (C=O) groups is 1. The predicted octanol–water partition coefficient (Wildman–Crippen LogP) is 6.67. The van der Waals surface area contributed by atoms with Crippen molar-refractivity contribution in [2.75, 3.05) is 0 Å². The molecule has 0 fully saturated rings. The molecule has 1 aromatic heterocycles. The van der Waals surface area contributed by atoms with E-state index in [4.69, 9.17) is 21.1 Å². The fraction of sp³-hybridized carbons (Fsp3) is 0.120. The average molecular weight is 433 g/mol. The quantitative estimate of drug-likeness (QED) is 0.369. The molecule has 1 heterocycles. The number of pyridine rings is 1. The van der Waals surface area contributed by atoms with Gasteiger partial charge in [-0.2, -0.15) is 0 Å². The number of carbonyl (C=O) groups excluding carboxylic acids is 1. The minimum Gasteiger partial charge on any atom is -0.457 e. The van der Waals surface area contributed by atoms with Crippen molar-refractivity contribution in [3.8, 4) is 23.1 Å². The second-order valence-electron chi connectivity index (χ2n) is 7.15. The molecule has 4 aromatic rings. The number of fused-ring (bicyclic) bond motifs is 1. The molecule has 1 atom stereocenters. The molecular formula is C25H21ClN2O3. The second-order valence-corrected chi connectivity index (χ2v) is 7.56. The van der Waals surface area contributed by atoms with Crippen LogP contribution in [0.25, 0.3) is 10.8 Å². The van der Waals surface area contributed by atoms with Crippen LogP contribution >= 0.6 is 11.6 Å². The standard InChI is InChI=1S/C25H21ClN2O3/c1-16(28-17(2)29)18-6-7-20-14-21(9-8-19(20)13-18)30-22-10-11-24(23(26)15-22)31-25-5-3-4-12-27-25/h3-16H,1-2H3,(H,28,29). The highest BCUT2D eigenvalue weighted by Gasteiger charge is 2.09. The molecule has 0 saturated carbocycles. The van der Waals surface area contributed by atoms with E-state index in [0.717, 1.165) is 16.3 Å². The molecule has 0 aliphatic carbocycles. The maximum Gasteiger partial charge on any atom is 0.219 e. The minimum atomic E-state index is -0.0496. The lowest BCUT2D eigenvalue weighted by Gasteiger charge is -2.14. The molecular weight excluding hydrogens is 412 g/mol. The lowest BCUT2D eigenvalue weighted by Crippen LogP contribution is -2.23. The Morgan fingerprint density at radius 3 is 2.42 bits per heavy atom. The summed E-state index contributed by atoms with van der Waals surface area (Å²) in [5.74, 6) is 2.23. The zero-order valence-corrected chi connectivity index (χ0v) is 17.9. The van der Waals surface area contributed by atoms with Crippen molar-refractivity contribution in [1.29, 1.82) is 0 Å². The van der Waals surface area contributed by atoms with E-state index in [0.29, 0.717) is 28.2 Å². The predicted molar refractivity (Wildman–Crippen MR) is 122 cm³/mol. The van der Waals surface area contributed by atoms with Crippen LogP contribution in [-0.2, 0) is 4.79 Å². The lowest BCUT2D eigenvalue weighted by atomic mass is 10.0. The number of nitrogens with zero attached hydrogens (tertiary/aromatic N) is 1. The topological polar surface area (TPSA) is 60.5 Å². The summed E-state index contributed by atoms with van der Waals surface area (Å²) in [7, 11) is 0. The van der Waals surface area contributed by atoms with Crippen molar-refractivity contribution in [2.45, 2.75) is 19.9 Å². The summed E-state index contributed by atoms with van der Waals surface area (Å²) in [5.41, 5.74) is 1.05. The number of nitrogens with one attached hydrogen (secondary N) is 1. The Labute approximate surface area is 185 Å². The van der Waals surface area contributed by atoms with Crippen molar-refractivity contribution in [3.05, 3.63) is 89.6 Å². The van der Waals surface area contributed by atoms with Gasteiger partial charge in [-0.25, -0.2) is 4.98 Å². The number of hydrogen-bond donors (Lipinski definition) is 1. The Hall–Kier alpha value is -3.57. The molecule has 0 radical (unpaired) electrons. The molecule has 0 spiro atoms. The summed E-state index contributed by atoms with van der Waals surface area (Å²) in [6.45, 7) is 3.48. The third-order valence-corrected chi connectivity index (χ3v) is 5.04. The fourth-order valence-corrected chi connectivity index (χ4v) is 3.46. The van der Waals surface area contributed by atoms with E-state index < -0.39 is 0 Å². The highest BCUT2D eigenvalue weighted by molar-refractivity contribution is 6.32. The zero-order valence-electron chi connectivity index (χ0n) is 17.1. The van der Waals surface area contributed by atoms with Gasteiger partial charge in [-0.3, -0.25) is 4.79 Å². The van der Waals surface area contributed by atoms with Crippen LogP contribution in [0.3, 0.4) is 0 Å². The van der Waals surface area contributed by atoms with Crippen molar-refractivity contribution < 1.29 is 14.3 Å². The van der Waals surface area contributed by atoms with Gasteiger partial charge in [0.1, 0.15) is 17.2 Å². The number of rotatable bonds is 6. The van der Waals surface area contributed by atoms with Crippen LogP contribution in [-0.4, -0.2) is 10.9 Å². The van der Waals surface area contributed by atoms with Crippen LogP contribution in [0.4, 0.5) is 0 Å². The highest BCUT2D eigenvalue weighted by atomic mass is 35.5. The SMILES string of the molecule is CC(=O)NC(C)c1ccc2cc(Oc3ccc(Oc4ccccn4)c(Cl)c3)ccc2c1. The molecule has 31 heavy (non-hydrogen) atoms. The second kappa shape index (κ2) is 9.06. The largest absolute Gasteiger partial charge is 0.457 e. The Morgan fingerprint density at radius 2 is 1.68 bits per heavy atom. The molecule has 1 unspecified atom stereocenters. The van der Waals surface area contributed by atoms with E-state index >= 15 is 0 Å². The van der Waals surface area contributed by atoms with Gasteiger partial charge < -0.3 is 14.8 Å². The average Bonchev–Trinajstić information content (AvgIpc) is 2.75. The first-order chi connectivity index (χ1) is 15.0. The van der Waals surface area contributed by atoms with E-state index in [1.165, 1.54) is 6.92 Å². The van der Waals surface area contributed by atoms with Crippen LogP contribution in [0, 0.1) is 0 Å². The molecule has 5 nitrogen and oxygen atoms in total. The number of benzene rings is 3. The summed E-state index contributed by atoms with van der Waals surface area (Å²) >= 11 is 6.36. The Morgan fingerprint density at radius 1 is 0.935 bits per heavy atom. The van der Waals surface area contributed by atoms with E-state index in [2.05, 4.69) is 16.4 Å². The number of aromatic nitrogens is 1. The molecule has 0 saturated heterocycles. The van der Waals surface area contributed by atoms with Gasteiger partial charge in [0.15, 0.2) is 0 Å². The van der Waals surface area contributed by atoms with Crippen molar-refractivity contribution in [2.24, 2.45) is 0 Å². The van der Waals surface area contributed by atoms with E-state index in [9.17, 15) is 4.79 Å². The Kier molecular flexibility index (Phi) is 6.05. The maximum absolute atomic E-state index is 11.3. The van der Waals surface area contributed by atoms with Crippen molar-refractivity contribution >= 4 is 28.3 Å². The molecule has 156 valence electrons. The molecule has 1 amide bonds. The molecule has 4 rings (SSSR count). The van der Waals surface area contributed by atoms with Crippen LogP contribution < -0.4 is 14.8 Å². The zero-order chi connectivity index (χ0) is 21.8. The van der Waals surface area contributed by atoms with E-state index in [1.54, 1.807) is 30.5 Å². The number of ether oxygens (including phenoxy) is 2. The first kappa shape index (κ1) is 20.7. The smallest absolute Gasteiger partial charge is 0.219 e. The van der Waals surface area contributed by atoms with Gasteiger partial charge in [-0.15, -0.1) is 0 Å². The van der Waals surface area contributed by atoms with Crippen LogP contribution in [0.2, 0.25) is 5.02 Å². The highest BCUT2D eigenvalue weighted by Crippen LogP contribution is 2.34. The summed E-state index contributed by atoms with van der Waals surface area (Å²) in [6.07, 6.45) is 1.66. The summed E-state index contributed by atoms with van der Waals surface area (Å²) in [5, 5.41) is 5.44. The van der Waals surface area contributed by atoms with E-state index in [-0.39, 0.29) is 11.9 Å². The monoisotopic (exact) mass is 432 g/mol. The van der Waals surface area contributed by atoms with Gasteiger partial charge in [0, 0.05) is 25.3 Å². The third-order valence-electron chi connectivity index (χ3n) is 4.75. The molecule has 0 aliphatic rings. The van der Waals surface area contributed by atoms with Crippen molar-refractivity contribution in [3.63, 3.8) is 0 Å². The number of hydrogen-bond acceptors (Lipinski definition) is 4. The molecule has 0 bridgehead atoms. The van der Waals surface area contributed by atoms with E-state index in [1.807, 2.05) is 49.4 Å². The van der Waals surface area contributed by atoms with Gasteiger partial charge in [-0.05, 0) is 59.7 Å². The van der Waals surface area contributed by atoms with Gasteiger partial charge >= 0.3 is 0 Å². The summed E-state index contributed by atoms with van der Waals surface area (Å²) in [4.78, 5) is 15.4. The molecule has 0 aliphatic heterocycles.